The van der Waals surface area contributed by atoms with Crippen LogP contribution in [0.4, 0.5) is 0 Å². The first-order chi connectivity index (χ1) is 8.24. The highest BCUT2D eigenvalue weighted by Crippen LogP contribution is 1.92. The number of methoxy groups -OCH3 is 1. The van der Waals surface area contributed by atoms with Crippen molar-refractivity contribution in [2.75, 3.05) is 26.8 Å². The van der Waals surface area contributed by atoms with Crippen LogP contribution in [0.5, 0.6) is 0 Å². The number of ether oxygens (including phenoxy) is 1. The Balaban J connectivity index is 2.11. The van der Waals surface area contributed by atoms with Gasteiger partial charge in [0.2, 0.25) is 5.91 Å². The molecule has 0 radical (unpaired) electrons. The molecule has 0 unspecified atom stereocenters. The van der Waals surface area contributed by atoms with E-state index in [1.165, 1.54) is 12.4 Å². The van der Waals surface area contributed by atoms with Crippen LogP contribution in [0, 0.1) is 0 Å². The molecule has 0 bridgehead atoms. The van der Waals surface area contributed by atoms with Crippen molar-refractivity contribution in [1.82, 2.24) is 20.8 Å². The van der Waals surface area contributed by atoms with Crippen molar-refractivity contribution in [1.29, 1.82) is 0 Å². The zero-order valence-corrected chi connectivity index (χ0v) is 9.66. The van der Waals surface area contributed by atoms with E-state index in [9.17, 15) is 9.59 Å². The number of nitrogens with zero attached hydrogens (tertiary/aromatic N) is 1. The fourth-order valence-electron chi connectivity index (χ4n) is 1.15. The van der Waals surface area contributed by atoms with Gasteiger partial charge in [-0.15, -0.1) is 0 Å². The Bertz CT molecular complexity index is 350. The summed E-state index contributed by atoms with van der Waals surface area (Å²) in [5.41, 5.74) is 0.449. The van der Waals surface area contributed by atoms with E-state index in [2.05, 4.69) is 20.8 Å². The topological polar surface area (TPSA) is 96.1 Å². The molecule has 7 heteroatoms. The van der Waals surface area contributed by atoms with E-state index in [1.54, 1.807) is 7.11 Å². The number of H-pyrrole nitrogens is 1. The third kappa shape index (κ3) is 5.12. The number of carbonyl (C=O) groups is 2. The second-order valence-corrected chi connectivity index (χ2v) is 3.34. The van der Waals surface area contributed by atoms with Crippen LogP contribution in [-0.4, -0.2) is 48.8 Å². The van der Waals surface area contributed by atoms with Crippen LogP contribution in [0.2, 0.25) is 0 Å². The van der Waals surface area contributed by atoms with Gasteiger partial charge in [-0.25, -0.2) is 0 Å². The molecular weight excluding hydrogens is 224 g/mol. The van der Waals surface area contributed by atoms with Gasteiger partial charge < -0.3 is 15.4 Å². The van der Waals surface area contributed by atoms with Gasteiger partial charge in [0.25, 0.3) is 5.91 Å². The Labute approximate surface area is 98.9 Å². The number of hydrogen-bond acceptors (Lipinski definition) is 4. The number of aromatic amines is 1. The Morgan fingerprint density at radius 3 is 2.88 bits per heavy atom. The van der Waals surface area contributed by atoms with Crippen molar-refractivity contribution in [3.05, 3.63) is 18.0 Å². The molecule has 0 aliphatic rings. The quantitative estimate of drug-likeness (QED) is 0.549. The van der Waals surface area contributed by atoms with Gasteiger partial charge in [0, 0.05) is 32.8 Å². The van der Waals surface area contributed by atoms with Crippen molar-refractivity contribution in [2.24, 2.45) is 0 Å². The standard InChI is InChI=1S/C10H16N4O3/c1-17-5-4-11-9(15)2-3-12-10(16)8-6-13-14-7-8/h6-7H,2-5H2,1H3,(H,11,15)(H,12,16)(H,13,14). The molecule has 1 heterocycles. The largest absolute Gasteiger partial charge is 0.383 e. The molecule has 0 aliphatic heterocycles. The zero-order chi connectivity index (χ0) is 12.5. The molecule has 2 amide bonds. The van der Waals surface area contributed by atoms with Gasteiger partial charge in [0.05, 0.1) is 18.4 Å². The lowest BCUT2D eigenvalue weighted by molar-refractivity contribution is -0.121. The maximum absolute atomic E-state index is 11.4. The maximum atomic E-state index is 11.4. The molecule has 0 saturated carbocycles. The molecule has 94 valence electrons. The Morgan fingerprint density at radius 1 is 1.41 bits per heavy atom. The number of carbonyl (C=O) groups excluding carboxylic acids is 2. The van der Waals surface area contributed by atoms with Gasteiger partial charge in [-0.05, 0) is 0 Å². The molecule has 1 aromatic heterocycles. The van der Waals surface area contributed by atoms with Crippen LogP contribution >= 0.6 is 0 Å². The maximum Gasteiger partial charge on any atom is 0.254 e. The van der Waals surface area contributed by atoms with Crippen LogP contribution in [0.25, 0.3) is 0 Å². The van der Waals surface area contributed by atoms with Gasteiger partial charge in [-0.1, -0.05) is 0 Å². The van der Waals surface area contributed by atoms with E-state index >= 15 is 0 Å². The van der Waals surface area contributed by atoms with Gasteiger partial charge in [-0.2, -0.15) is 5.10 Å². The number of amides is 2. The molecule has 1 aromatic rings. The molecule has 0 fully saturated rings. The number of hydrogen-bond donors (Lipinski definition) is 3. The predicted octanol–water partition coefficient (Wildman–Crippen LogP) is -0.708. The molecule has 0 aliphatic carbocycles. The van der Waals surface area contributed by atoms with E-state index in [4.69, 9.17) is 4.74 Å². The van der Waals surface area contributed by atoms with Crippen molar-refractivity contribution >= 4 is 11.8 Å². The highest BCUT2D eigenvalue weighted by Gasteiger charge is 2.06. The second kappa shape index (κ2) is 7.39. The van der Waals surface area contributed by atoms with Crippen LogP contribution in [-0.2, 0) is 9.53 Å². The smallest absolute Gasteiger partial charge is 0.254 e. The van der Waals surface area contributed by atoms with E-state index in [0.29, 0.717) is 25.3 Å². The van der Waals surface area contributed by atoms with Crippen LogP contribution < -0.4 is 10.6 Å². The minimum Gasteiger partial charge on any atom is -0.383 e. The summed E-state index contributed by atoms with van der Waals surface area (Å²) in [6.45, 7) is 1.25. The van der Waals surface area contributed by atoms with Gasteiger partial charge in [-0.3, -0.25) is 14.7 Å². The number of nitrogens with one attached hydrogen (secondary N) is 3. The summed E-state index contributed by atoms with van der Waals surface area (Å²) in [4.78, 5) is 22.7. The van der Waals surface area contributed by atoms with Crippen molar-refractivity contribution < 1.29 is 14.3 Å². The molecule has 0 aromatic carbocycles. The summed E-state index contributed by atoms with van der Waals surface area (Å²) >= 11 is 0. The Kier molecular flexibility index (Phi) is 5.73. The number of aromatic nitrogens is 2. The summed E-state index contributed by atoms with van der Waals surface area (Å²) in [5, 5.41) is 11.5. The van der Waals surface area contributed by atoms with E-state index in [-0.39, 0.29) is 18.2 Å². The predicted molar refractivity (Wildman–Crippen MR) is 60.4 cm³/mol. The van der Waals surface area contributed by atoms with E-state index < -0.39 is 0 Å². The first-order valence-electron chi connectivity index (χ1n) is 5.26. The van der Waals surface area contributed by atoms with Crippen LogP contribution in [0.15, 0.2) is 12.4 Å². The Morgan fingerprint density at radius 2 is 2.24 bits per heavy atom. The highest BCUT2D eigenvalue weighted by atomic mass is 16.5. The lowest BCUT2D eigenvalue weighted by Crippen LogP contribution is -2.32. The zero-order valence-electron chi connectivity index (χ0n) is 9.66. The SMILES string of the molecule is COCCNC(=O)CCNC(=O)c1cn[nH]c1. The third-order valence-corrected chi connectivity index (χ3v) is 2.03. The third-order valence-electron chi connectivity index (χ3n) is 2.03. The first kappa shape index (κ1) is 13.2. The van der Waals surface area contributed by atoms with Crippen molar-refractivity contribution in [3.8, 4) is 0 Å². The molecule has 0 spiro atoms. The van der Waals surface area contributed by atoms with Crippen LogP contribution in [0.1, 0.15) is 16.8 Å². The van der Waals surface area contributed by atoms with Gasteiger partial charge in [0.15, 0.2) is 0 Å². The molecule has 7 nitrogen and oxygen atoms in total. The molecular formula is C10H16N4O3. The highest BCUT2D eigenvalue weighted by molar-refractivity contribution is 5.93. The number of rotatable bonds is 7. The molecule has 3 N–H and O–H groups in total. The summed E-state index contributed by atoms with van der Waals surface area (Å²) in [7, 11) is 1.57. The minimum atomic E-state index is -0.247. The van der Waals surface area contributed by atoms with E-state index in [0.717, 1.165) is 0 Å². The monoisotopic (exact) mass is 240 g/mol. The van der Waals surface area contributed by atoms with Crippen LogP contribution in [0.3, 0.4) is 0 Å². The van der Waals surface area contributed by atoms with Crippen molar-refractivity contribution in [3.63, 3.8) is 0 Å². The summed E-state index contributed by atoms with van der Waals surface area (Å²) < 4.78 is 4.79. The molecule has 0 saturated heterocycles. The summed E-state index contributed by atoms with van der Waals surface area (Å²) in [6.07, 6.45) is 3.16. The van der Waals surface area contributed by atoms with Gasteiger partial charge in [0.1, 0.15) is 0 Å². The second-order valence-electron chi connectivity index (χ2n) is 3.34. The average molecular weight is 240 g/mol. The lowest BCUT2D eigenvalue weighted by Gasteiger charge is -2.05. The fourth-order valence-corrected chi connectivity index (χ4v) is 1.15. The van der Waals surface area contributed by atoms with Gasteiger partial charge >= 0.3 is 0 Å². The average Bonchev–Trinajstić information content (AvgIpc) is 2.82. The molecule has 0 atom stereocenters. The first-order valence-corrected chi connectivity index (χ1v) is 5.26. The van der Waals surface area contributed by atoms with Crippen molar-refractivity contribution in [2.45, 2.75) is 6.42 Å². The van der Waals surface area contributed by atoms with E-state index in [1.807, 2.05) is 0 Å². The minimum absolute atomic E-state index is 0.116. The lowest BCUT2D eigenvalue weighted by atomic mass is 10.3. The molecule has 1 rings (SSSR count). The summed E-state index contributed by atoms with van der Waals surface area (Å²) in [5.74, 6) is -0.363. The summed E-state index contributed by atoms with van der Waals surface area (Å²) in [6, 6.07) is 0. The fraction of sp³-hybridized carbons (Fsp3) is 0.500. The Hall–Kier alpha value is -1.89. The molecule has 17 heavy (non-hydrogen) atoms. The normalized spacial score (nSPS) is 9.94.